The van der Waals surface area contributed by atoms with E-state index in [1.54, 1.807) is 31.2 Å². The normalized spacial score (nSPS) is 11.6. The highest BCUT2D eigenvalue weighted by Gasteiger charge is 2.10. The van der Waals surface area contributed by atoms with E-state index >= 15 is 0 Å². The molecule has 0 aliphatic carbocycles. The van der Waals surface area contributed by atoms with E-state index < -0.39 is 6.23 Å². The fourth-order valence-electron chi connectivity index (χ4n) is 2.04. The molecule has 2 aromatic rings. The van der Waals surface area contributed by atoms with Gasteiger partial charge in [-0.15, -0.1) is 0 Å². The van der Waals surface area contributed by atoms with Gasteiger partial charge in [0.15, 0.2) is 6.23 Å². The van der Waals surface area contributed by atoms with Gasteiger partial charge in [-0.25, -0.2) is 4.79 Å². The molecule has 22 heavy (non-hydrogen) atoms. The first kappa shape index (κ1) is 16.2. The Kier molecular flexibility index (Phi) is 5.67. The number of amides is 2. The fourth-order valence-corrected chi connectivity index (χ4v) is 2.17. The Morgan fingerprint density at radius 2 is 1.86 bits per heavy atom. The summed E-state index contributed by atoms with van der Waals surface area (Å²) in [7, 11) is 0. The molecule has 0 saturated heterocycles. The van der Waals surface area contributed by atoms with Crippen molar-refractivity contribution in [1.82, 2.24) is 5.32 Å². The highest BCUT2D eigenvalue weighted by Crippen LogP contribution is 2.17. The predicted octanol–water partition coefficient (Wildman–Crippen LogP) is 4.45. The third-order valence-corrected chi connectivity index (χ3v) is 3.36. The average molecular weight is 319 g/mol. The van der Waals surface area contributed by atoms with Gasteiger partial charge in [0.2, 0.25) is 0 Å². The summed E-state index contributed by atoms with van der Waals surface area (Å²) < 4.78 is 5.60. The predicted molar refractivity (Wildman–Crippen MR) is 89.5 cm³/mol. The van der Waals surface area contributed by atoms with Crippen LogP contribution >= 0.6 is 11.6 Å². The number of halogens is 1. The standard InChI is InChI=1S/C17H19ClN2O2/c1-3-13-6-4-5-7-16(13)20-17(21)19-12(2)22-15-10-8-14(18)9-11-15/h4-12H,3H2,1-2H3,(H2,19,20,21). The van der Waals surface area contributed by atoms with Crippen molar-refractivity contribution >= 4 is 23.3 Å². The van der Waals surface area contributed by atoms with Crippen LogP contribution in [-0.4, -0.2) is 12.3 Å². The van der Waals surface area contributed by atoms with Crippen molar-refractivity contribution in [1.29, 1.82) is 0 Å². The van der Waals surface area contributed by atoms with Crippen LogP contribution in [-0.2, 0) is 6.42 Å². The van der Waals surface area contributed by atoms with Crippen molar-refractivity contribution in [3.05, 3.63) is 59.1 Å². The quantitative estimate of drug-likeness (QED) is 0.800. The fraction of sp³-hybridized carbons (Fsp3) is 0.235. The number of urea groups is 1. The highest BCUT2D eigenvalue weighted by atomic mass is 35.5. The van der Waals surface area contributed by atoms with Crippen LogP contribution in [0.2, 0.25) is 5.02 Å². The molecule has 0 aliphatic heterocycles. The number of hydrogen-bond donors (Lipinski definition) is 2. The summed E-state index contributed by atoms with van der Waals surface area (Å²) in [6, 6.07) is 14.4. The number of para-hydroxylation sites is 1. The Hall–Kier alpha value is -2.20. The molecular formula is C17H19ClN2O2. The van der Waals surface area contributed by atoms with Crippen LogP contribution in [0.3, 0.4) is 0 Å². The topological polar surface area (TPSA) is 50.4 Å². The Bertz CT molecular complexity index is 629. The van der Waals surface area contributed by atoms with Crippen molar-refractivity contribution < 1.29 is 9.53 Å². The number of rotatable bonds is 5. The van der Waals surface area contributed by atoms with Crippen molar-refractivity contribution in [2.24, 2.45) is 0 Å². The maximum atomic E-state index is 12.0. The minimum atomic E-state index is -0.463. The summed E-state index contributed by atoms with van der Waals surface area (Å²) >= 11 is 5.82. The van der Waals surface area contributed by atoms with Gasteiger partial charge in [-0.05, 0) is 49.2 Å². The molecular weight excluding hydrogens is 300 g/mol. The number of carbonyl (C=O) groups excluding carboxylic acids is 1. The van der Waals surface area contributed by atoms with E-state index in [-0.39, 0.29) is 6.03 Å². The first-order chi connectivity index (χ1) is 10.6. The van der Waals surface area contributed by atoms with Crippen LogP contribution in [0.15, 0.2) is 48.5 Å². The lowest BCUT2D eigenvalue weighted by atomic mass is 10.1. The molecule has 2 N–H and O–H groups in total. The highest BCUT2D eigenvalue weighted by molar-refractivity contribution is 6.30. The second-order valence-electron chi connectivity index (χ2n) is 4.82. The Labute approximate surface area is 135 Å². The van der Waals surface area contributed by atoms with Crippen molar-refractivity contribution in [3.8, 4) is 5.75 Å². The number of ether oxygens (including phenoxy) is 1. The van der Waals surface area contributed by atoms with E-state index in [9.17, 15) is 4.79 Å². The lowest BCUT2D eigenvalue weighted by Gasteiger charge is -2.17. The molecule has 0 aromatic heterocycles. The zero-order chi connectivity index (χ0) is 15.9. The molecule has 2 amide bonds. The van der Waals surface area contributed by atoms with Gasteiger partial charge in [0.1, 0.15) is 5.75 Å². The minimum Gasteiger partial charge on any atom is -0.471 e. The third-order valence-electron chi connectivity index (χ3n) is 3.11. The molecule has 0 heterocycles. The SMILES string of the molecule is CCc1ccccc1NC(=O)NC(C)Oc1ccc(Cl)cc1. The zero-order valence-corrected chi connectivity index (χ0v) is 13.4. The van der Waals surface area contributed by atoms with Gasteiger partial charge in [-0.2, -0.15) is 0 Å². The van der Waals surface area contributed by atoms with Crippen molar-refractivity contribution in [2.75, 3.05) is 5.32 Å². The lowest BCUT2D eigenvalue weighted by Crippen LogP contribution is -2.39. The number of benzene rings is 2. The van der Waals surface area contributed by atoms with E-state index in [1.165, 1.54) is 0 Å². The first-order valence-corrected chi connectivity index (χ1v) is 7.54. The summed E-state index contributed by atoms with van der Waals surface area (Å²) in [5.74, 6) is 0.645. The molecule has 0 saturated carbocycles. The van der Waals surface area contributed by atoms with E-state index in [1.807, 2.05) is 31.2 Å². The second kappa shape index (κ2) is 7.71. The maximum absolute atomic E-state index is 12.0. The molecule has 0 fully saturated rings. The van der Waals surface area contributed by atoms with E-state index in [4.69, 9.17) is 16.3 Å². The lowest BCUT2D eigenvalue weighted by molar-refractivity contribution is 0.183. The molecule has 0 radical (unpaired) electrons. The number of aryl methyl sites for hydroxylation is 1. The summed E-state index contributed by atoms with van der Waals surface area (Å²) in [6.45, 7) is 3.81. The van der Waals surface area contributed by atoms with Gasteiger partial charge >= 0.3 is 6.03 Å². The molecule has 4 nitrogen and oxygen atoms in total. The monoisotopic (exact) mass is 318 g/mol. The van der Waals surface area contributed by atoms with Gasteiger partial charge in [0, 0.05) is 10.7 Å². The van der Waals surface area contributed by atoms with Gasteiger partial charge < -0.3 is 15.4 Å². The number of anilines is 1. The third kappa shape index (κ3) is 4.67. The van der Waals surface area contributed by atoms with Gasteiger partial charge in [-0.1, -0.05) is 36.7 Å². The molecule has 0 bridgehead atoms. The molecule has 0 spiro atoms. The van der Waals surface area contributed by atoms with Gasteiger partial charge in [-0.3, -0.25) is 0 Å². The maximum Gasteiger partial charge on any atom is 0.322 e. The Balaban J connectivity index is 1.89. The summed E-state index contributed by atoms with van der Waals surface area (Å²) in [5, 5.41) is 6.21. The Morgan fingerprint density at radius 3 is 2.55 bits per heavy atom. The molecule has 1 atom stereocenters. The van der Waals surface area contributed by atoms with Crippen molar-refractivity contribution in [2.45, 2.75) is 26.5 Å². The molecule has 116 valence electrons. The van der Waals surface area contributed by atoms with Crippen LogP contribution in [0.5, 0.6) is 5.75 Å². The van der Waals surface area contributed by atoms with Crippen LogP contribution in [0.25, 0.3) is 0 Å². The van der Waals surface area contributed by atoms with Crippen LogP contribution in [0, 0.1) is 0 Å². The smallest absolute Gasteiger partial charge is 0.322 e. The molecule has 0 aliphatic rings. The van der Waals surface area contributed by atoms with E-state index in [0.29, 0.717) is 10.8 Å². The zero-order valence-electron chi connectivity index (χ0n) is 12.6. The number of nitrogens with one attached hydrogen (secondary N) is 2. The van der Waals surface area contributed by atoms with Gasteiger partial charge in [0.25, 0.3) is 0 Å². The number of hydrogen-bond acceptors (Lipinski definition) is 2. The summed E-state index contributed by atoms with van der Waals surface area (Å²) in [6.07, 6.45) is 0.391. The van der Waals surface area contributed by atoms with E-state index in [2.05, 4.69) is 10.6 Å². The van der Waals surface area contributed by atoms with Crippen LogP contribution in [0.4, 0.5) is 10.5 Å². The molecule has 2 aromatic carbocycles. The number of carbonyl (C=O) groups is 1. The Morgan fingerprint density at radius 1 is 1.18 bits per heavy atom. The molecule has 2 rings (SSSR count). The second-order valence-corrected chi connectivity index (χ2v) is 5.26. The van der Waals surface area contributed by atoms with Crippen LogP contribution in [0.1, 0.15) is 19.4 Å². The summed E-state index contributed by atoms with van der Waals surface area (Å²) in [5.41, 5.74) is 1.89. The van der Waals surface area contributed by atoms with E-state index in [0.717, 1.165) is 17.7 Å². The van der Waals surface area contributed by atoms with Crippen LogP contribution < -0.4 is 15.4 Å². The van der Waals surface area contributed by atoms with Crippen molar-refractivity contribution in [3.63, 3.8) is 0 Å². The first-order valence-electron chi connectivity index (χ1n) is 7.16. The molecule has 5 heteroatoms. The van der Waals surface area contributed by atoms with Gasteiger partial charge in [0.05, 0.1) is 0 Å². The summed E-state index contributed by atoms with van der Waals surface area (Å²) in [4.78, 5) is 12.0. The minimum absolute atomic E-state index is 0.303. The molecule has 1 unspecified atom stereocenters. The average Bonchev–Trinajstić information content (AvgIpc) is 2.50. The largest absolute Gasteiger partial charge is 0.471 e.